The molecule has 0 saturated carbocycles. The van der Waals surface area contributed by atoms with Crippen molar-refractivity contribution in [2.24, 2.45) is 0 Å². The molecule has 15 heavy (non-hydrogen) atoms. The first kappa shape index (κ1) is 9.91. The van der Waals surface area contributed by atoms with Crippen LogP contribution in [0.2, 0.25) is 0 Å². The van der Waals surface area contributed by atoms with Crippen molar-refractivity contribution in [1.82, 2.24) is 15.0 Å². The number of fused-ring (bicyclic) bond motifs is 1. The van der Waals surface area contributed by atoms with Gasteiger partial charge in [0, 0.05) is 6.04 Å². The monoisotopic (exact) mass is 224 g/mol. The zero-order chi connectivity index (χ0) is 11.0. The standard InChI is InChI=1S/C8H12N6S/c1-3(2)11-8-12-4-5(9)13-7(10)14-6(4)15-8/h3H,1-2H3,(H,11,12)(H4,9,10,13,14). The predicted octanol–water partition coefficient (Wildman–Crippen LogP) is 1.07. The molecule has 0 aliphatic carbocycles. The Balaban J connectivity index is 2.50. The van der Waals surface area contributed by atoms with Gasteiger partial charge in [-0.25, -0.2) is 9.97 Å². The third-order valence-electron chi connectivity index (χ3n) is 1.72. The number of anilines is 3. The van der Waals surface area contributed by atoms with Crippen LogP contribution in [0, 0.1) is 0 Å². The van der Waals surface area contributed by atoms with Crippen LogP contribution in [0.25, 0.3) is 10.3 Å². The molecule has 0 saturated heterocycles. The summed E-state index contributed by atoms with van der Waals surface area (Å²) in [4.78, 5) is 12.9. The fourth-order valence-corrected chi connectivity index (χ4v) is 2.17. The van der Waals surface area contributed by atoms with Crippen LogP contribution in [0.4, 0.5) is 16.9 Å². The van der Waals surface area contributed by atoms with Crippen molar-refractivity contribution < 1.29 is 0 Å². The van der Waals surface area contributed by atoms with Crippen LogP contribution < -0.4 is 16.8 Å². The number of nitrogens with zero attached hydrogens (tertiary/aromatic N) is 3. The van der Waals surface area contributed by atoms with Crippen molar-refractivity contribution in [2.45, 2.75) is 19.9 Å². The summed E-state index contributed by atoms with van der Waals surface area (Å²) in [5.41, 5.74) is 11.8. The Morgan fingerprint density at radius 1 is 1.20 bits per heavy atom. The third-order valence-corrected chi connectivity index (χ3v) is 2.60. The first-order chi connectivity index (χ1) is 7.06. The molecule has 2 heterocycles. The second-order valence-corrected chi connectivity index (χ2v) is 4.42. The average molecular weight is 224 g/mol. The van der Waals surface area contributed by atoms with Crippen molar-refractivity contribution in [3.05, 3.63) is 0 Å². The Morgan fingerprint density at radius 2 is 1.93 bits per heavy atom. The molecule has 0 spiro atoms. The molecule has 2 aromatic heterocycles. The van der Waals surface area contributed by atoms with Crippen LogP contribution in [0.3, 0.4) is 0 Å². The molecule has 2 rings (SSSR count). The number of nitrogen functional groups attached to an aromatic ring is 2. The van der Waals surface area contributed by atoms with Crippen molar-refractivity contribution in [2.75, 3.05) is 16.8 Å². The first-order valence-corrected chi connectivity index (χ1v) is 5.34. The summed E-state index contributed by atoms with van der Waals surface area (Å²) in [7, 11) is 0. The summed E-state index contributed by atoms with van der Waals surface area (Å²) >= 11 is 1.42. The van der Waals surface area contributed by atoms with Crippen LogP contribution in [0.5, 0.6) is 0 Å². The summed E-state index contributed by atoms with van der Waals surface area (Å²) in [5.74, 6) is 0.505. The van der Waals surface area contributed by atoms with Gasteiger partial charge in [-0.05, 0) is 13.8 Å². The maximum Gasteiger partial charge on any atom is 0.223 e. The van der Waals surface area contributed by atoms with Gasteiger partial charge in [0.25, 0.3) is 0 Å². The minimum absolute atomic E-state index is 0.180. The van der Waals surface area contributed by atoms with E-state index in [0.717, 1.165) is 5.13 Å². The molecule has 0 fully saturated rings. The Labute approximate surface area is 90.7 Å². The van der Waals surface area contributed by atoms with Crippen molar-refractivity contribution in [3.8, 4) is 0 Å². The Bertz CT molecular complexity index is 491. The number of hydrogen-bond acceptors (Lipinski definition) is 7. The van der Waals surface area contributed by atoms with E-state index in [1.807, 2.05) is 13.8 Å². The maximum absolute atomic E-state index is 5.69. The molecule has 0 aliphatic rings. The van der Waals surface area contributed by atoms with Gasteiger partial charge >= 0.3 is 0 Å². The van der Waals surface area contributed by atoms with E-state index in [4.69, 9.17) is 11.5 Å². The summed E-state index contributed by atoms with van der Waals surface area (Å²) in [6.45, 7) is 4.07. The molecule has 5 N–H and O–H groups in total. The summed E-state index contributed by atoms with van der Waals surface area (Å²) in [6, 6.07) is 0.317. The smallest absolute Gasteiger partial charge is 0.223 e. The van der Waals surface area contributed by atoms with Gasteiger partial charge in [0.15, 0.2) is 15.8 Å². The first-order valence-electron chi connectivity index (χ1n) is 4.52. The molecule has 0 amide bonds. The number of aromatic nitrogens is 3. The van der Waals surface area contributed by atoms with E-state index in [9.17, 15) is 0 Å². The van der Waals surface area contributed by atoms with E-state index in [1.165, 1.54) is 11.3 Å². The van der Waals surface area contributed by atoms with Crippen LogP contribution >= 0.6 is 11.3 Å². The van der Waals surface area contributed by atoms with Crippen molar-refractivity contribution in [3.63, 3.8) is 0 Å². The highest BCUT2D eigenvalue weighted by atomic mass is 32.1. The molecule has 0 atom stereocenters. The molecule has 0 aromatic carbocycles. The zero-order valence-corrected chi connectivity index (χ0v) is 9.30. The van der Waals surface area contributed by atoms with Gasteiger partial charge in [0.1, 0.15) is 5.52 Å². The lowest BCUT2D eigenvalue weighted by Crippen LogP contribution is -2.08. The van der Waals surface area contributed by atoms with Gasteiger partial charge in [0.2, 0.25) is 5.95 Å². The highest BCUT2D eigenvalue weighted by Crippen LogP contribution is 2.27. The number of nitrogens with two attached hydrogens (primary N) is 2. The molecular formula is C8H12N6S. The Morgan fingerprint density at radius 3 is 2.60 bits per heavy atom. The van der Waals surface area contributed by atoms with E-state index >= 15 is 0 Å². The minimum atomic E-state index is 0.180. The number of hydrogen-bond donors (Lipinski definition) is 3. The maximum atomic E-state index is 5.69. The van der Waals surface area contributed by atoms with Gasteiger partial charge in [0.05, 0.1) is 0 Å². The van der Waals surface area contributed by atoms with E-state index in [1.54, 1.807) is 0 Å². The topological polar surface area (TPSA) is 103 Å². The third kappa shape index (κ3) is 1.91. The summed E-state index contributed by atoms with van der Waals surface area (Å²) in [6.07, 6.45) is 0. The molecule has 80 valence electrons. The number of nitrogens with one attached hydrogen (secondary N) is 1. The van der Waals surface area contributed by atoms with Crippen molar-refractivity contribution >= 4 is 38.6 Å². The van der Waals surface area contributed by atoms with E-state index < -0.39 is 0 Å². The van der Waals surface area contributed by atoms with E-state index in [-0.39, 0.29) is 5.95 Å². The number of thiazole rings is 1. The van der Waals surface area contributed by atoms with Crippen LogP contribution in [0.1, 0.15) is 13.8 Å². The normalized spacial score (nSPS) is 11.1. The van der Waals surface area contributed by atoms with Crippen molar-refractivity contribution in [1.29, 1.82) is 0 Å². The lowest BCUT2D eigenvalue weighted by molar-refractivity contribution is 0.897. The predicted molar refractivity (Wildman–Crippen MR) is 62.8 cm³/mol. The van der Waals surface area contributed by atoms with Gasteiger partial charge in [-0.3, -0.25) is 0 Å². The van der Waals surface area contributed by atoms with Gasteiger partial charge in [-0.15, -0.1) is 0 Å². The van der Waals surface area contributed by atoms with E-state index in [2.05, 4.69) is 20.3 Å². The highest BCUT2D eigenvalue weighted by molar-refractivity contribution is 7.21. The minimum Gasteiger partial charge on any atom is -0.382 e. The van der Waals surface area contributed by atoms with Crippen LogP contribution in [0.15, 0.2) is 0 Å². The summed E-state index contributed by atoms with van der Waals surface area (Å²) in [5, 5.41) is 3.97. The SMILES string of the molecule is CC(C)Nc1nc2c(N)nc(N)nc2s1. The molecule has 2 aromatic rings. The lowest BCUT2D eigenvalue weighted by Gasteiger charge is -2.03. The zero-order valence-electron chi connectivity index (χ0n) is 8.48. The largest absolute Gasteiger partial charge is 0.382 e. The summed E-state index contributed by atoms with van der Waals surface area (Å²) < 4.78 is 0. The highest BCUT2D eigenvalue weighted by Gasteiger charge is 2.10. The van der Waals surface area contributed by atoms with Gasteiger partial charge in [-0.2, -0.15) is 4.98 Å². The molecule has 0 bridgehead atoms. The molecule has 7 heteroatoms. The molecule has 6 nitrogen and oxygen atoms in total. The fourth-order valence-electron chi connectivity index (χ4n) is 1.17. The quantitative estimate of drug-likeness (QED) is 0.705. The molecule has 0 aliphatic heterocycles. The second-order valence-electron chi connectivity index (χ2n) is 3.44. The average Bonchev–Trinajstić information content (AvgIpc) is 2.45. The Hall–Kier alpha value is -1.63. The lowest BCUT2D eigenvalue weighted by atomic mass is 10.4. The fraction of sp³-hybridized carbons (Fsp3) is 0.375. The van der Waals surface area contributed by atoms with E-state index in [0.29, 0.717) is 22.2 Å². The molecule has 0 unspecified atom stereocenters. The second kappa shape index (κ2) is 3.50. The van der Waals surface area contributed by atoms with Crippen LogP contribution in [-0.2, 0) is 0 Å². The van der Waals surface area contributed by atoms with Gasteiger partial charge < -0.3 is 16.8 Å². The Kier molecular flexibility index (Phi) is 2.31. The molecule has 0 radical (unpaired) electrons. The van der Waals surface area contributed by atoms with Gasteiger partial charge in [-0.1, -0.05) is 11.3 Å². The van der Waals surface area contributed by atoms with Crippen LogP contribution in [-0.4, -0.2) is 21.0 Å². The number of rotatable bonds is 2. The molecular weight excluding hydrogens is 212 g/mol.